The second-order valence-electron chi connectivity index (χ2n) is 7.16. The lowest BCUT2D eigenvalue weighted by Crippen LogP contribution is -2.27. The Morgan fingerprint density at radius 3 is 2.71 bits per heavy atom. The Kier molecular flexibility index (Phi) is 3.60. The lowest BCUT2D eigenvalue weighted by molar-refractivity contribution is 0.353. The van der Waals surface area contributed by atoms with Gasteiger partial charge >= 0.3 is 0 Å². The first-order valence-electron chi connectivity index (χ1n) is 9.00. The fraction of sp³-hybridized carbons (Fsp3) is 0.190. The van der Waals surface area contributed by atoms with Crippen LogP contribution in [0.5, 0.6) is 5.88 Å². The number of furan rings is 1. The second-order valence-corrected chi connectivity index (χ2v) is 7.16. The van der Waals surface area contributed by atoms with Crippen LogP contribution in [0.15, 0.2) is 62.1 Å². The molecule has 0 unspecified atom stereocenters. The summed E-state index contributed by atoms with van der Waals surface area (Å²) >= 11 is 0. The predicted octanol–water partition coefficient (Wildman–Crippen LogP) is 2.45. The lowest BCUT2D eigenvalue weighted by atomic mass is 10.0. The van der Waals surface area contributed by atoms with Crippen LogP contribution in [0, 0.1) is 0 Å². The van der Waals surface area contributed by atoms with Gasteiger partial charge in [0.05, 0.1) is 22.9 Å². The summed E-state index contributed by atoms with van der Waals surface area (Å²) in [7, 11) is 3.86. The van der Waals surface area contributed by atoms with Crippen molar-refractivity contribution in [1.29, 1.82) is 0 Å². The van der Waals surface area contributed by atoms with E-state index in [0.29, 0.717) is 40.7 Å². The molecule has 2 aromatic carbocycles. The largest absolute Gasteiger partial charge is 0.494 e. The molecule has 1 aliphatic rings. The van der Waals surface area contributed by atoms with Crippen LogP contribution in [-0.4, -0.2) is 41.0 Å². The topological polar surface area (TPSA) is 83.3 Å². The van der Waals surface area contributed by atoms with Crippen LogP contribution in [0.1, 0.15) is 5.56 Å². The summed E-state index contributed by atoms with van der Waals surface area (Å²) in [6.07, 6.45) is 3.17. The Bertz CT molecular complexity index is 1360. The van der Waals surface area contributed by atoms with Crippen LogP contribution in [0.25, 0.3) is 21.5 Å². The van der Waals surface area contributed by atoms with E-state index in [2.05, 4.69) is 9.98 Å². The Balaban J connectivity index is 1.83. The average Bonchev–Trinajstić information content (AvgIpc) is 3.34. The van der Waals surface area contributed by atoms with Crippen LogP contribution in [-0.2, 0) is 6.54 Å². The highest BCUT2D eigenvalue weighted by molar-refractivity contribution is 6.14. The molecule has 0 radical (unpaired) electrons. The van der Waals surface area contributed by atoms with E-state index in [-0.39, 0.29) is 11.4 Å². The van der Waals surface area contributed by atoms with Crippen LogP contribution >= 0.6 is 0 Å². The average molecular weight is 374 g/mol. The number of nitrogens with zero attached hydrogens (tertiary/aromatic N) is 4. The number of amidine groups is 1. The van der Waals surface area contributed by atoms with Gasteiger partial charge in [0, 0.05) is 34.6 Å². The number of benzene rings is 2. The van der Waals surface area contributed by atoms with Crippen molar-refractivity contribution in [3.05, 3.63) is 64.1 Å². The minimum Gasteiger partial charge on any atom is -0.494 e. The third-order valence-electron chi connectivity index (χ3n) is 5.08. The number of fused-ring (bicyclic) bond motifs is 2. The molecule has 5 rings (SSSR count). The number of aromatic hydroxyl groups is 1. The zero-order chi connectivity index (χ0) is 19.4. The van der Waals surface area contributed by atoms with Gasteiger partial charge in [0.1, 0.15) is 6.26 Å². The van der Waals surface area contributed by atoms with Gasteiger partial charge in [0.25, 0.3) is 5.56 Å². The molecule has 0 saturated carbocycles. The number of likely N-dealkylation sites (N-methyl/N-ethyl adjacent to an activating group) is 1. The van der Waals surface area contributed by atoms with Crippen LogP contribution in [0.3, 0.4) is 0 Å². The van der Waals surface area contributed by atoms with Crippen molar-refractivity contribution in [2.24, 2.45) is 9.98 Å². The molecule has 0 atom stereocenters. The standard InChI is InChI=1S/C21H18N4O3/c1-24(2)7-8-25-20(26)14-5-3-4-13-17(14)15(21(25)27)10-16-18(13)23-19(22-16)12-6-9-28-11-12/h3-6,9-11,27H,7-8H2,1-2H3. The number of hydrogen-bond acceptors (Lipinski definition) is 6. The Morgan fingerprint density at radius 1 is 1.14 bits per heavy atom. The van der Waals surface area contributed by atoms with Crippen LogP contribution < -0.4 is 10.9 Å². The molecule has 2 aromatic heterocycles. The van der Waals surface area contributed by atoms with Gasteiger partial charge in [-0.15, -0.1) is 0 Å². The highest BCUT2D eigenvalue weighted by atomic mass is 16.3. The van der Waals surface area contributed by atoms with Crippen molar-refractivity contribution in [3.63, 3.8) is 0 Å². The van der Waals surface area contributed by atoms with Crippen LogP contribution in [0.2, 0.25) is 0 Å². The van der Waals surface area contributed by atoms with E-state index in [1.54, 1.807) is 24.7 Å². The zero-order valence-corrected chi connectivity index (χ0v) is 15.5. The molecule has 4 aromatic rings. The number of rotatable bonds is 4. The van der Waals surface area contributed by atoms with Gasteiger partial charge in [-0.3, -0.25) is 9.36 Å². The van der Waals surface area contributed by atoms with E-state index in [1.807, 2.05) is 37.2 Å². The Hall–Kier alpha value is -3.45. The highest BCUT2D eigenvalue weighted by Gasteiger charge is 2.21. The first kappa shape index (κ1) is 16.7. The van der Waals surface area contributed by atoms with E-state index in [9.17, 15) is 9.90 Å². The molecular weight excluding hydrogens is 356 g/mol. The lowest BCUT2D eigenvalue weighted by Gasteiger charge is -2.16. The molecule has 0 aliphatic carbocycles. The minimum absolute atomic E-state index is 0.0367. The molecule has 7 nitrogen and oxygen atoms in total. The first-order chi connectivity index (χ1) is 13.5. The second kappa shape index (κ2) is 6.03. The summed E-state index contributed by atoms with van der Waals surface area (Å²) in [6, 6.07) is 9.16. The molecule has 140 valence electrons. The summed E-state index contributed by atoms with van der Waals surface area (Å²) in [5.41, 5.74) is 1.25. The van der Waals surface area contributed by atoms with Gasteiger partial charge in [-0.05, 0) is 32.3 Å². The molecule has 1 aliphatic heterocycles. The van der Waals surface area contributed by atoms with Crippen LogP contribution in [0.4, 0.5) is 5.69 Å². The third kappa shape index (κ3) is 2.36. The fourth-order valence-electron chi connectivity index (χ4n) is 3.67. The van der Waals surface area contributed by atoms with Crippen molar-refractivity contribution < 1.29 is 9.52 Å². The third-order valence-corrected chi connectivity index (χ3v) is 5.08. The SMILES string of the molecule is CN(C)CCn1c(O)c2cc3c(c4cccc(c1=O)c24)=NC(c1ccoc1)=N3. The molecule has 28 heavy (non-hydrogen) atoms. The van der Waals surface area contributed by atoms with E-state index in [0.717, 1.165) is 16.3 Å². The van der Waals surface area contributed by atoms with Crippen molar-refractivity contribution in [2.45, 2.75) is 6.54 Å². The van der Waals surface area contributed by atoms with Gasteiger partial charge in [-0.1, -0.05) is 12.1 Å². The molecule has 0 fully saturated rings. The quantitative estimate of drug-likeness (QED) is 0.595. The summed E-state index contributed by atoms with van der Waals surface area (Å²) in [6.45, 7) is 1.04. The van der Waals surface area contributed by atoms with Crippen molar-refractivity contribution in [2.75, 3.05) is 20.6 Å². The fourth-order valence-corrected chi connectivity index (χ4v) is 3.67. The number of hydrogen-bond donors (Lipinski definition) is 1. The zero-order valence-electron chi connectivity index (χ0n) is 15.5. The van der Waals surface area contributed by atoms with Gasteiger partial charge in [0.15, 0.2) is 5.84 Å². The summed E-state index contributed by atoms with van der Waals surface area (Å²) < 4.78 is 6.57. The normalized spacial score (nSPS) is 13.3. The monoisotopic (exact) mass is 374 g/mol. The van der Waals surface area contributed by atoms with Gasteiger partial charge in [-0.25, -0.2) is 9.98 Å². The molecule has 0 saturated heterocycles. The maximum Gasteiger partial charge on any atom is 0.261 e. The number of pyridine rings is 1. The van der Waals surface area contributed by atoms with E-state index < -0.39 is 0 Å². The molecule has 1 N–H and O–H groups in total. The highest BCUT2D eigenvalue weighted by Crippen LogP contribution is 2.33. The van der Waals surface area contributed by atoms with Crippen molar-refractivity contribution in [1.82, 2.24) is 9.47 Å². The van der Waals surface area contributed by atoms with Gasteiger partial charge < -0.3 is 14.4 Å². The molecule has 0 bridgehead atoms. The Morgan fingerprint density at radius 2 is 1.96 bits per heavy atom. The summed E-state index contributed by atoms with van der Waals surface area (Å²) in [5, 5.41) is 14.3. The first-order valence-corrected chi connectivity index (χ1v) is 9.00. The molecule has 0 spiro atoms. The molecule has 0 amide bonds. The van der Waals surface area contributed by atoms with Gasteiger partial charge in [-0.2, -0.15) is 0 Å². The Labute approximate surface area is 159 Å². The molecule has 7 heteroatoms. The van der Waals surface area contributed by atoms with E-state index in [1.165, 1.54) is 4.57 Å². The molecular formula is C21H18N4O3. The maximum atomic E-state index is 13.0. The summed E-state index contributed by atoms with van der Waals surface area (Å²) in [5.74, 6) is 0.521. The number of aliphatic imine (C=N–C) groups is 1. The van der Waals surface area contributed by atoms with E-state index in [4.69, 9.17) is 4.42 Å². The number of aromatic nitrogens is 1. The van der Waals surface area contributed by atoms with E-state index >= 15 is 0 Å². The van der Waals surface area contributed by atoms with Crippen molar-refractivity contribution in [3.8, 4) is 5.88 Å². The smallest absolute Gasteiger partial charge is 0.261 e. The minimum atomic E-state index is -0.202. The van der Waals surface area contributed by atoms with Crippen molar-refractivity contribution >= 4 is 33.1 Å². The maximum absolute atomic E-state index is 13.0. The van der Waals surface area contributed by atoms with Gasteiger partial charge in [0.2, 0.25) is 5.88 Å². The summed E-state index contributed by atoms with van der Waals surface area (Å²) in [4.78, 5) is 24.3. The predicted molar refractivity (Wildman–Crippen MR) is 108 cm³/mol. The molecule has 3 heterocycles.